The minimum atomic E-state index is 0.696. The summed E-state index contributed by atoms with van der Waals surface area (Å²) in [5.74, 6) is 1.82. The average molecular weight is 313 g/mol. The van der Waals surface area contributed by atoms with Gasteiger partial charge in [-0.2, -0.15) is 5.10 Å². The molecule has 0 aliphatic carbocycles. The molecule has 1 heterocycles. The van der Waals surface area contributed by atoms with Gasteiger partial charge in [-0.3, -0.25) is 4.68 Å². The molecule has 1 aromatic carbocycles. The van der Waals surface area contributed by atoms with Gasteiger partial charge in [0.1, 0.15) is 5.75 Å². The van der Waals surface area contributed by atoms with Gasteiger partial charge in [-0.1, -0.05) is 15.9 Å². The van der Waals surface area contributed by atoms with Crippen molar-refractivity contribution >= 4 is 27.7 Å². The van der Waals surface area contributed by atoms with Gasteiger partial charge in [0.25, 0.3) is 0 Å². The molecule has 0 saturated heterocycles. The summed E-state index contributed by atoms with van der Waals surface area (Å²) in [6, 6.07) is 7.87. The van der Waals surface area contributed by atoms with Crippen LogP contribution in [0.5, 0.6) is 5.75 Å². The van der Waals surface area contributed by atoms with Crippen LogP contribution in [0.1, 0.15) is 0 Å². The number of thioether (sulfide) groups is 1. The van der Waals surface area contributed by atoms with Crippen LogP contribution in [0.2, 0.25) is 0 Å². The Labute approximate surface area is 113 Å². The number of hydrogen-bond acceptors (Lipinski definition) is 3. The van der Waals surface area contributed by atoms with Crippen LogP contribution in [0, 0.1) is 0 Å². The predicted octanol–water partition coefficient (Wildman–Crippen LogP) is 3.35. The molecule has 5 heteroatoms. The van der Waals surface area contributed by atoms with E-state index in [0.717, 1.165) is 16.0 Å². The molecule has 0 unspecified atom stereocenters. The van der Waals surface area contributed by atoms with E-state index in [1.807, 2.05) is 43.7 Å². The molecule has 0 atom stereocenters. The van der Waals surface area contributed by atoms with E-state index in [9.17, 15) is 0 Å². The van der Waals surface area contributed by atoms with Crippen molar-refractivity contribution < 1.29 is 4.74 Å². The van der Waals surface area contributed by atoms with Crippen LogP contribution in [0.15, 0.2) is 46.0 Å². The largest absolute Gasteiger partial charge is 0.493 e. The highest BCUT2D eigenvalue weighted by atomic mass is 79.9. The molecule has 0 N–H and O–H groups in total. The van der Waals surface area contributed by atoms with Crippen LogP contribution in [0.3, 0.4) is 0 Å². The number of halogens is 1. The van der Waals surface area contributed by atoms with E-state index in [1.165, 1.54) is 4.90 Å². The van der Waals surface area contributed by atoms with Gasteiger partial charge in [-0.15, -0.1) is 11.8 Å². The van der Waals surface area contributed by atoms with Crippen molar-refractivity contribution in [2.75, 3.05) is 12.4 Å². The lowest BCUT2D eigenvalue weighted by Crippen LogP contribution is -1.99. The smallest absolute Gasteiger partial charge is 0.119 e. The zero-order valence-corrected chi connectivity index (χ0v) is 11.9. The number of nitrogens with zero attached hydrogens (tertiary/aromatic N) is 2. The second-order valence-electron chi connectivity index (χ2n) is 3.50. The highest BCUT2D eigenvalue weighted by Crippen LogP contribution is 2.18. The van der Waals surface area contributed by atoms with Crippen LogP contribution in [-0.4, -0.2) is 22.1 Å². The first-order chi connectivity index (χ1) is 8.24. The standard InChI is InChI=1S/C12H13BrN2OS/c1-15-9-12(8-14-15)17-7-6-16-11-4-2-10(13)3-5-11/h2-5,8-9H,6-7H2,1H3. The van der Waals surface area contributed by atoms with Gasteiger partial charge >= 0.3 is 0 Å². The lowest BCUT2D eigenvalue weighted by atomic mass is 10.3. The first-order valence-corrected chi connectivity index (χ1v) is 7.02. The van der Waals surface area contributed by atoms with Crippen molar-refractivity contribution in [3.63, 3.8) is 0 Å². The zero-order chi connectivity index (χ0) is 12.1. The van der Waals surface area contributed by atoms with E-state index in [-0.39, 0.29) is 0 Å². The summed E-state index contributed by atoms with van der Waals surface area (Å²) in [6.07, 6.45) is 3.87. The highest BCUT2D eigenvalue weighted by Gasteiger charge is 1.98. The first-order valence-electron chi connectivity index (χ1n) is 5.24. The zero-order valence-electron chi connectivity index (χ0n) is 9.47. The normalized spacial score (nSPS) is 10.5. The SMILES string of the molecule is Cn1cc(SCCOc2ccc(Br)cc2)cn1. The first kappa shape index (κ1) is 12.5. The number of aromatic nitrogens is 2. The Morgan fingerprint density at radius 2 is 2.12 bits per heavy atom. The maximum atomic E-state index is 5.62. The highest BCUT2D eigenvalue weighted by molar-refractivity contribution is 9.10. The molecule has 0 saturated carbocycles. The summed E-state index contributed by atoms with van der Waals surface area (Å²) in [6.45, 7) is 0.696. The Bertz CT molecular complexity index is 470. The van der Waals surface area contributed by atoms with Crippen LogP contribution >= 0.6 is 27.7 Å². The van der Waals surface area contributed by atoms with Crippen LogP contribution in [0.25, 0.3) is 0 Å². The van der Waals surface area contributed by atoms with Crippen molar-refractivity contribution in [1.82, 2.24) is 9.78 Å². The van der Waals surface area contributed by atoms with E-state index < -0.39 is 0 Å². The Morgan fingerprint density at radius 3 is 2.76 bits per heavy atom. The predicted molar refractivity (Wildman–Crippen MR) is 73.6 cm³/mol. The molecule has 0 amide bonds. The molecule has 90 valence electrons. The fraction of sp³-hybridized carbons (Fsp3) is 0.250. The topological polar surface area (TPSA) is 27.1 Å². The molecular formula is C12H13BrN2OS. The summed E-state index contributed by atoms with van der Waals surface area (Å²) in [5.41, 5.74) is 0. The van der Waals surface area contributed by atoms with E-state index in [4.69, 9.17) is 4.74 Å². The van der Waals surface area contributed by atoms with Gasteiger partial charge in [0.05, 0.1) is 12.8 Å². The maximum Gasteiger partial charge on any atom is 0.119 e. The fourth-order valence-electron chi connectivity index (χ4n) is 1.32. The second kappa shape index (κ2) is 6.12. The summed E-state index contributed by atoms with van der Waals surface area (Å²) in [4.78, 5) is 1.17. The van der Waals surface area contributed by atoms with Gasteiger partial charge < -0.3 is 4.74 Å². The van der Waals surface area contributed by atoms with Crippen molar-refractivity contribution in [1.29, 1.82) is 0 Å². The molecule has 0 aliphatic heterocycles. The molecule has 2 aromatic rings. The van der Waals surface area contributed by atoms with Crippen molar-refractivity contribution in [2.24, 2.45) is 7.05 Å². The van der Waals surface area contributed by atoms with Crippen LogP contribution in [0.4, 0.5) is 0 Å². The third-order valence-electron chi connectivity index (χ3n) is 2.12. The minimum absolute atomic E-state index is 0.696. The fourth-order valence-corrected chi connectivity index (χ4v) is 2.34. The number of rotatable bonds is 5. The van der Waals surface area contributed by atoms with E-state index in [1.54, 1.807) is 16.4 Å². The van der Waals surface area contributed by atoms with E-state index >= 15 is 0 Å². The molecular weight excluding hydrogens is 300 g/mol. The lowest BCUT2D eigenvalue weighted by molar-refractivity contribution is 0.344. The Balaban J connectivity index is 1.71. The van der Waals surface area contributed by atoms with Crippen molar-refractivity contribution in [3.8, 4) is 5.75 Å². The number of hydrogen-bond donors (Lipinski definition) is 0. The number of aryl methyl sites for hydroxylation is 1. The molecule has 1 aromatic heterocycles. The molecule has 0 spiro atoms. The summed E-state index contributed by atoms with van der Waals surface area (Å²) >= 11 is 5.14. The van der Waals surface area contributed by atoms with Gasteiger partial charge in [0.15, 0.2) is 0 Å². The van der Waals surface area contributed by atoms with Gasteiger partial charge in [-0.25, -0.2) is 0 Å². The van der Waals surface area contributed by atoms with Gasteiger partial charge in [0, 0.05) is 28.4 Å². The van der Waals surface area contributed by atoms with E-state index in [0.29, 0.717) is 6.61 Å². The maximum absolute atomic E-state index is 5.62. The van der Waals surface area contributed by atoms with Gasteiger partial charge in [0.2, 0.25) is 0 Å². The number of benzene rings is 1. The molecule has 3 nitrogen and oxygen atoms in total. The third kappa shape index (κ3) is 4.09. The van der Waals surface area contributed by atoms with Gasteiger partial charge in [-0.05, 0) is 24.3 Å². The van der Waals surface area contributed by atoms with Crippen LogP contribution in [-0.2, 0) is 7.05 Å². The van der Waals surface area contributed by atoms with Crippen LogP contribution < -0.4 is 4.74 Å². The van der Waals surface area contributed by atoms with E-state index in [2.05, 4.69) is 21.0 Å². The summed E-state index contributed by atoms with van der Waals surface area (Å²) in [7, 11) is 1.92. The minimum Gasteiger partial charge on any atom is -0.493 e. The van der Waals surface area contributed by atoms with Crippen molar-refractivity contribution in [3.05, 3.63) is 41.1 Å². The monoisotopic (exact) mass is 312 g/mol. The molecule has 0 aliphatic rings. The Morgan fingerprint density at radius 1 is 1.35 bits per heavy atom. The molecule has 17 heavy (non-hydrogen) atoms. The quantitative estimate of drug-likeness (QED) is 0.626. The Kier molecular flexibility index (Phi) is 4.50. The lowest BCUT2D eigenvalue weighted by Gasteiger charge is -2.05. The van der Waals surface area contributed by atoms with Crippen molar-refractivity contribution in [2.45, 2.75) is 4.90 Å². The average Bonchev–Trinajstić information content (AvgIpc) is 2.73. The third-order valence-corrected chi connectivity index (χ3v) is 3.56. The Hall–Kier alpha value is -0.940. The summed E-state index contributed by atoms with van der Waals surface area (Å²) < 4.78 is 8.49. The second-order valence-corrected chi connectivity index (χ2v) is 5.58. The molecule has 0 bridgehead atoms. The molecule has 0 fully saturated rings. The molecule has 0 radical (unpaired) electrons. The summed E-state index contributed by atoms with van der Waals surface area (Å²) in [5, 5.41) is 4.11. The molecule has 2 rings (SSSR count). The number of ether oxygens (including phenoxy) is 1.